The van der Waals surface area contributed by atoms with E-state index in [1.165, 1.54) is 18.4 Å². The molecule has 2 fully saturated rings. The number of ether oxygens (including phenoxy) is 2. The van der Waals surface area contributed by atoms with Crippen molar-refractivity contribution < 1.29 is 14.3 Å². The van der Waals surface area contributed by atoms with Crippen LogP contribution in [0.15, 0.2) is 36.5 Å². The Kier molecular flexibility index (Phi) is 8.15. The lowest BCUT2D eigenvalue weighted by Crippen LogP contribution is -2.41. The van der Waals surface area contributed by atoms with E-state index in [9.17, 15) is 4.79 Å². The summed E-state index contributed by atoms with van der Waals surface area (Å²) in [4.78, 5) is 24.5. The maximum Gasteiger partial charge on any atom is 0.234 e. The van der Waals surface area contributed by atoms with Gasteiger partial charge in [-0.3, -0.25) is 14.6 Å². The molecule has 2 saturated heterocycles. The lowest BCUT2D eigenvalue weighted by Gasteiger charge is -2.25. The molecule has 3 aliphatic rings. The summed E-state index contributed by atoms with van der Waals surface area (Å²) < 4.78 is 11.9. The molecule has 0 radical (unpaired) electrons. The number of aromatic nitrogens is 1. The number of methoxy groups -OCH3 is 1. The first-order chi connectivity index (χ1) is 18.0. The summed E-state index contributed by atoms with van der Waals surface area (Å²) in [6.45, 7) is 4.41. The van der Waals surface area contributed by atoms with Gasteiger partial charge in [0.15, 0.2) is 11.5 Å². The fraction of sp³-hybridized carbons (Fsp3) is 0.586. The van der Waals surface area contributed by atoms with Gasteiger partial charge >= 0.3 is 0 Å². The molecule has 1 amide bonds. The molecule has 3 aliphatic heterocycles. The van der Waals surface area contributed by atoms with E-state index in [1.54, 1.807) is 7.11 Å². The van der Waals surface area contributed by atoms with Gasteiger partial charge in [0.1, 0.15) is 5.82 Å². The molecule has 1 N–H and O–H groups in total. The zero-order valence-corrected chi connectivity index (χ0v) is 22.5. The lowest BCUT2D eigenvalue weighted by atomic mass is 9.94. The first-order valence-electron chi connectivity index (χ1n) is 13.7. The average molecular weight is 508 g/mol. The van der Waals surface area contributed by atoms with Gasteiger partial charge in [-0.1, -0.05) is 12.1 Å². The largest absolute Gasteiger partial charge is 0.493 e. The van der Waals surface area contributed by atoms with Crippen LogP contribution in [-0.2, 0) is 11.3 Å². The molecule has 0 saturated carbocycles. The number of nitrogens with one attached hydrogen (secondary N) is 1. The Hall–Kier alpha value is -2.84. The summed E-state index contributed by atoms with van der Waals surface area (Å²) in [5, 5.41) is 3.30. The third-order valence-electron chi connectivity index (χ3n) is 8.11. The molecule has 1 aromatic carbocycles. The van der Waals surface area contributed by atoms with Gasteiger partial charge in [0.25, 0.3) is 0 Å². The van der Waals surface area contributed by atoms with Gasteiger partial charge in [0.2, 0.25) is 5.91 Å². The van der Waals surface area contributed by atoms with Crippen molar-refractivity contribution >= 4 is 11.7 Å². The standard InChI is InChI=1S/C29H41N5O3/c1-32(2)28-11-8-21(17-30-28)19-33-12-4-5-14-37-27-16-22(9-10-26(27)36-3)25-15-23(18-31-29(35)20-33)24-7-6-13-34(24)25/h8-11,16-17,23-25H,4-7,12-15,18-20H2,1-3H3,(H,31,35)/t23-,24+,25-/m1/s1. The highest BCUT2D eigenvalue weighted by molar-refractivity contribution is 5.78. The van der Waals surface area contributed by atoms with E-state index in [0.29, 0.717) is 37.7 Å². The van der Waals surface area contributed by atoms with Crippen LogP contribution in [0, 0.1) is 5.92 Å². The highest BCUT2D eigenvalue weighted by Gasteiger charge is 2.44. The van der Waals surface area contributed by atoms with Crippen molar-refractivity contribution in [3.8, 4) is 11.5 Å². The van der Waals surface area contributed by atoms with Gasteiger partial charge in [-0.15, -0.1) is 0 Å². The SMILES string of the molecule is COc1ccc2cc1OCCCCN(Cc1ccc(N(C)C)nc1)CC(=O)NC[C@H]1C[C@H]2N2CCC[C@@H]12. The first-order valence-corrected chi connectivity index (χ1v) is 13.7. The van der Waals surface area contributed by atoms with Gasteiger partial charge in [0, 0.05) is 45.5 Å². The fourth-order valence-electron chi connectivity index (χ4n) is 6.22. The van der Waals surface area contributed by atoms with Gasteiger partial charge in [0.05, 0.1) is 20.3 Å². The van der Waals surface area contributed by atoms with Crippen LogP contribution in [0.25, 0.3) is 0 Å². The number of nitrogens with zero attached hydrogens (tertiary/aromatic N) is 4. The third kappa shape index (κ3) is 6.02. The van der Waals surface area contributed by atoms with Crippen molar-refractivity contribution in [1.82, 2.24) is 20.1 Å². The van der Waals surface area contributed by atoms with Gasteiger partial charge in [-0.25, -0.2) is 4.98 Å². The summed E-state index contributed by atoms with van der Waals surface area (Å²) in [6, 6.07) is 11.5. The molecule has 1 aromatic heterocycles. The van der Waals surface area contributed by atoms with Gasteiger partial charge in [-0.05, 0) is 80.4 Å². The second-order valence-electron chi connectivity index (χ2n) is 10.9. The van der Waals surface area contributed by atoms with Crippen LogP contribution in [-0.4, -0.2) is 80.7 Å². The summed E-state index contributed by atoms with van der Waals surface area (Å²) in [5.74, 6) is 3.14. The molecule has 200 valence electrons. The van der Waals surface area contributed by atoms with E-state index >= 15 is 0 Å². The fourth-order valence-corrected chi connectivity index (χ4v) is 6.22. The van der Waals surface area contributed by atoms with Crippen molar-refractivity contribution in [3.63, 3.8) is 0 Å². The highest BCUT2D eigenvalue weighted by atomic mass is 16.5. The molecule has 0 aliphatic carbocycles. The quantitative estimate of drug-likeness (QED) is 0.680. The minimum absolute atomic E-state index is 0.112. The van der Waals surface area contributed by atoms with Gasteiger partial charge < -0.3 is 19.7 Å². The number of rotatable bonds is 4. The Labute approximate surface area is 220 Å². The van der Waals surface area contributed by atoms with Crippen LogP contribution in [0.3, 0.4) is 0 Å². The molecule has 4 bridgehead atoms. The number of benzene rings is 1. The summed E-state index contributed by atoms with van der Waals surface area (Å²) in [7, 11) is 5.68. The van der Waals surface area contributed by atoms with Crippen molar-refractivity contribution in [1.29, 1.82) is 0 Å². The number of pyridine rings is 1. The third-order valence-corrected chi connectivity index (χ3v) is 8.11. The van der Waals surface area contributed by atoms with Crippen LogP contribution in [0.2, 0.25) is 0 Å². The van der Waals surface area contributed by atoms with Crippen molar-refractivity contribution in [3.05, 3.63) is 47.7 Å². The van der Waals surface area contributed by atoms with Crippen LogP contribution >= 0.6 is 0 Å². The van der Waals surface area contributed by atoms with E-state index in [1.807, 2.05) is 37.3 Å². The van der Waals surface area contributed by atoms with Crippen molar-refractivity contribution in [2.45, 2.75) is 50.7 Å². The number of hydrogen-bond donors (Lipinski definition) is 1. The van der Waals surface area contributed by atoms with Crippen molar-refractivity contribution in [2.24, 2.45) is 5.92 Å². The molecule has 0 spiro atoms. The maximum atomic E-state index is 13.1. The van der Waals surface area contributed by atoms with Crippen LogP contribution in [0.1, 0.15) is 49.3 Å². The minimum atomic E-state index is 0.112. The summed E-state index contributed by atoms with van der Waals surface area (Å²) in [6.07, 6.45) is 7.26. The Morgan fingerprint density at radius 2 is 2.05 bits per heavy atom. The van der Waals surface area contributed by atoms with Crippen LogP contribution in [0.4, 0.5) is 5.82 Å². The average Bonchev–Trinajstić information content (AvgIpc) is 3.50. The lowest BCUT2D eigenvalue weighted by molar-refractivity contribution is -0.122. The second-order valence-corrected chi connectivity index (χ2v) is 10.9. The molecular formula is C29H41N5O3. The van der Waals surface area contributed by atoms with Gasteiger partial charge in [-0.2, -0.15) is 0 Å². The normalized spacial score (nSPS) is 25.3. The molecule has 4 heterocycles. The Morgan fingerprint density at radius 1 is 1.16 bits per heavy atom. The summed E-state index contributed by atoms with van der Waals surface area (Å²) >= 11 is 0. The first kappa shape index (κ1) is 25.8. The molecule has 0 unspecified atom stereocenters. The number of carbonyl (C=O) groups is 1. The highest BCUT2D eigenvalue weighted by Crippen LogP contribution is 2.46. The zero-order valence-electron chi connectivity index (χ0n) is 22.5. The molecular weight excluding hydrogens is 466 g/mol. The summed E-state index contributed by atoms with van der Waals surface area (Å²) in [5.41, 5.74) is 2.41. The molecule has 2 aromatic rings. The van der Waals surface area contributed by atoms with E-state index in [0.717, 1.165) is 61.8 Å². The predicted molar refractivity (Wildman–Crippen MR) is 145 cm³/mol. The number of carbonyl (C=O) groups excluding carboxylic acids is 1. The van der Waals surface area contributed by atoms with Crippen LogP contribution < -0.4 is 19.7 Å². The zero-order chi connectivity index (χ0) is 25.8. The topological polar surface area (TPSA) is 70.2 Å². The molecule has 5 rings (SSSR count). The smallest absolute Gasteiger partial charge is 0.234 e. The minimum Gasteiger partial charge on any atom is -0.493 e. The van der Waals surface area contributed by atoms with Crippen molar-refractivity contribution in [2.75, 3.05) is 58.9 Å². The van der Waals surface area contributed by atoms with E-state index < -0.39 is 0 Å². The molecule has 3 atom stereocenters. The molecule has 8 nitrogen and oxygen atoms in total. The van der Waals surface area contributed by atoms with E-state index in [-0.39, 0.29) is 5.91 Å². The maximum absolute atomic E-state index is 13.1. The van der Waals surface area contributed by atoms with Crippen LogP contribution in [0.5, 0.6) is 11.5 Å². The van der Waals surface area contributed by atoms with E-state index in [4.69, 9.17) is 9.47 Å². The Morgan fingerprint density at radius 3 is 2.84 bits per heavy atom. The second kappa shape index (κ2) is 11.7. The molecule has 8 heteroatoms. The number of amides is 1. The number of anilines is 1. The number of hydrogen-bond acceptors (Lipinski definition) is 7. The van der Waals surface area contributed by atoms with E-state index in [2.05, 4.69) is 38.3 Å². The molecule has 37 heavy (non-hydrogen) atoms. The Bertz CT molecular complexity index is 1060. The number of fused-ring (bicyclic) bond motifs is 8. The monoisotopic (exact) mass is 507 g/mol. The predicted octanol–water partition coefficient (Wildman–Crippen LogP) is 3.47. The Balaban J connectivity index is 1.33.